The summed E-state index contributed by atoms with van der Waals surface area (Å²) in [4.78, 5) is 39.1. The summed E-state index contributed by atoms with van der Waals surface area (Å²) in [6, 6.07) is 13.6. The minimum Gasteiger partial charge on any atom is -0.347 e. The maximum Gasteiger partial charge on any atom is 0.269 e. The number of carbonyl (C=O) groups is 2. The maximum atomic E-state index is 13.0. The molecule has 0 saturated carbocycles. The van der Waals surface area contributed by atoms with Crippen LogP contribution in [0.15, 0.2) is 60.3 Å². The highest BCUT2D eigenvalue weighted by Crippen LogP contribution is 2.47. The molecule has 0 spiro atoms. The van der Waals surface area contributed by atoms with Crippen molar-refractivity contribution in [1.29, 1.82) is 0 Å². The molecule has 2 aliphatic rings. The summed E-state index contributed by atoms with van der Waals surface area (Å²) in [5, 5.41) is 10.8. The van der Waals surface area contributed by atoms with Gasteiger partial charge in [0.15, 0.2) is 0 Å². The van der Waals surface area contributed by atoms with E-state index in [2.05, 4.69) is 24.8 Å². The summed E-state index contributed by atoms with van der Waals surface area (Å²) in [6.45, 7) is 4.22. The lowest BCUT2D eigenvalue weighted by molar-refractivity contribution is -0.384. The molecule has 7 nitrogen and oxygen atoms in total. The quantitative estimate of drug-likeness (QED) is 0.452. The molecule has 2 aromatic rings. The Balaban J connectivity index is 1.65. The number of para-hydroxylation sites is 1. The van der Waals surface area contributed by atoms with Crippen LogP contribution in [0.1, 0.15) is 25.8 Å². The van der Waals surface area contributed by atoms with E-state index in [0.717, 1.165) is 16.3 Å². The lowest BCUT2D eigenvalue weighted by Crippen LogP contribution is -2.31. The molecule has 2 aliphatic heterocycles. The van der Waals surface area contributed by atoms with Gasteiger partial charge in [-0.3, -0.25) is 24.6 Å². The van der Waals surface area contributed by atoms with Crippen LogP contribution in [0.3, 0.4) is 0 Å². The molecular formula is C22H21N3O4. The average Bonchev–Trinajstić information content (AvgIpc) is 3.08. The molecule has 0 bridgehead atoms. The number of hydrogen-bond donors (Lipinski definition) is 0. The van der Waals surface area contributed by atoms with Crippen LogP contribution in [0, 0.1) is 16.0 Å². The minimum atomic E-state index is -0.566. The smallest absolute Gasteiger partial charge is 0.269 e. The highest BCUT2D eigenvalue weighted by atomic mass is 16.6. The Bertz CT molecular complexity index is 1060. The van der Waals surface area contributed by atoms with E-state index in [0.29, 0.717) is 5.69 Å². The molecule has 1 unspecified atom stereocenters. The summed E-state index contributed by atoms with van der Waals surface area (Å²) in [6.07, 6.45) is 1.98. The number of likely N-dealkylation sites (N-methyl/N-ethyl adjacent to an activating group) is 1. The zero-order valence-corrected chi connectivity index (χ0v) is 16.5. The molecule has 2 heterocycles. The molecule has 4 rings (SSSR count). The molecule has 0 radical (unpaired) electrons. The van der Waals surface area contributed by atoms with Gasteiger partial charge in [0.05, 0.1) is 16.5 Å². The molecule has 2 aromatic carbocycles. The third-order valence-electron chi connectivity index (χ3n) is 5.80. The van der Waals surface area contributed by atoms with Gasteiger partial charge in [-0.2, -0.15) is 0 Å². The number of imide groups is 1. The van der Waals surface area contributed by atoms with E-state index in [9.17, 15) is 19.7 Å². The fourth-order valence-corrected chi connectivity index (χ4v) is 4.27. The zero-order valence-electron chi connectivity index (χ0n) is 16.5. The highest BCUT2D eigenvalue weighted by Gasteiger charge is 2.43. The van der Waals surface area contributed by atoms with Gasteiger partial charge < -0.3 is 4.90 Å². The van der Waals surface area contributed by atoms with E-state index in [1.807, 2.05) is 31.3 Å². The average molecular weight is 391 g/mol. The van der Waals surface area contributed by atoms with Gasteiger partial charge in [-0.05, 0) is 23.8 Å². The van der Waals surface area contributed by atoms with Gasteiger partial charge in [0.2, 0.25) is 11.8 Å². The number of carbonyl (C=O) groups excluding carboxylic acids is 2. The van der Waals surface area contributed by atoms with E-state index in [4.69, 9.17) is 0 Å². The SMILES string of the molecule is CN1C(=CC2CC(=O)N(c3ccc([N+](=O)[O-])cc3)C2=O)C(C)(C)c2ccccc21. The van der Waals surface area contributed by atoms with Gasteiger partial charge in [0.1, 0.15) is 0 Å². The molecule has 2 amide bonds. The summed E-state index contributed by atoms with van der Waals surface area (Å²) < 4.78 is 0. The van der Waals surface area contributed by atoms with Gasteiger partial charge in [-0.1, -0.05) is 38.1 Å². The van der Waals surface area contributed by atoms with Crippen molar-refractivity contribution < 1.29 is 14.5 Å². The van der Waals surface area contributed by atoms with Gasteiger partial charge in [-0.25, -0.2) is 0 Å². The Morgan fingerprint density at radius 1 is 1.10 bits per heavy atom. The van der Waals surface area contributed by atoms with Gasteiger partial charge in [0.25, 0.3) is 5.69 Å². The van der Waals surface area contributed by atoms with Crippen LogP contribution < -0.4 is 9.80 Å². The Kier molecular flexibility index (Phi) is 4.26. The Labute approximate surface area is 168 Å². The number of allylic oxidation sites excluding steroid dienone is 1. The third-order valence-corrected chi connectivity index (χ3v) is 5.80. The van der Waals surface area contributed by atoms with Crippen molar-refractivity contribution in [2.75, 3.05) is 16.8 Å². The molecule has 148 valence electrons. The Morgan fingerprint density at radius 2 is 1.76 bits per heavy atom. The predicted molar refractivity (Wildman–Crippen MR) is 110 cm³/mol. The number of non-ortho nitro benzene ring substituents is 1. The maximum absolute atomic E-state index is 13.0. The summed E-state index contributed by atoms with van der Waals surface area (Å²) in [5.74, 6) is -1.18. The second kappa shape index (κ2) is 6.55. The van der Waals surface area contributed by atoms with Crippen molar-refractivity contribution in [3.63, 3.8) is 0 Å². The van der Waals surface area contributed by atoms with Crippen LogP contribution in [0.25, 0.3) is 0 Å². The van der Waals surface area contributed by atoms with E-state index >= 15 is 0 Å². The van der Waals surface area contributed by atoms with Crippen molar-refractivity contribution in [3.05, 3.63) is 76.0 Å². The van der Waals surface area contributed by atoms with Gasteiger partial charge >= 0.3 is 0 Å². The van der Waals surface area contributed by atoms with E-state index in [1.165, 1.54) is 29.8 Å². The molecule has 1 saturated heterocycles. The van der Waals surface area contributed by atoms with Crippen LogP contribution in [-0.2, 0) is 15.0 Å². The first-order valence-corrected chi connectivity index (χ1v) is 9.38. The van der Waals surface area contributed by atoms with Crippen molar-refractivity contribution >= 4 is 28.9 Å². The Morgan fingerprint density at radius 3 is 2.38 bits per heavy atom. The number of benzene rings is 2. The standard InChI is InChI=1S/C22H21N3O4/c1-22(2)17-6-4-5-7-18(17)23(3)19(22)12-14-13-20(26)24(21(14)27)15-8-10-16(11-9-15)25(28)29/h4-12,14H,13H2,1-3H3. The van der Waals surface area contributed by atoms with Crippen molar-refractivity contribution in [2.24, 2.45) is 5.92 Å². The molecule has 1 atom stereocenters. The largest absolute Gasteiger partial charge is 0.347 e. The highest BCUT2D eigenvalue weighted by molar-refractivity contribution is 6.21. The van der Waals surface area contributed by atoms with E-state index in [-0.39, 0.29) is 29.3 Å². The molecule has 1 fully saturated rings. The Hall–Kier alpha value is -3.48. The number of fused-ring (bicyclic) bond motifs is 1. The predicted octanol–water partition coefficient (Wildman–Crippen LogP) is 3.79. The van der Waals surface area contributed by atoms with Crippen LogP contribution in [-0.4, -0.2) is 23.8 Å². The molecule has 0 N–H and O–H groups in total. The van der Waals surface area contributed by atoms with Crippen molar-refractivity contribution in [2.45, 2.75) is 25.7 Å². The first kappa shape index (κ1) is 18.9. The summed E-state index contributed by atoms with van der Waals surface area (Å²) in [5.41, 5.74) is 3.24. The van der Waals surface area contributed by atoms with Gasteiger partial charge in [0, 0.05) is 42.4 Å². The third kappa shape index (κ3) is 2.90. The van der Waals surface area contributed by atoms with Crippen LogP contribution in [0.5, 0.6) is 0 Å². The zero-order chi connectivity index (χ0) is 20.9. The van der Waals surface area contributed by atoms with Crippen LogP contribution in [0.2, 0.25) is 0 Å². The van der Waals surface area contributed by atoms with Crippen LogP contribution in [0.4, 0.5) is 17.1 Å². The fourth-order valence-electron chi connectivity index (χ4n) is 4.27. The number of hydrogen-bond acceptors (Lipinski definition) is 5. The minimum absolute atomic E-state index is 0.0829. The molecule has 0 aliphatic carbocycles. The number of rotatable bonds is 3. The number of nitrogens with zero attached hydrogens (tertiary/aromatic N) is 3. The molecular weight excluding hydrogens is 370 g/mol. The number of nitro groups is 1. The second-order valence-corrected chi connectivity index (χ2v) is 7.90. The topological polar surface area (TPSA) is 83.8 Å². The summed E-state index contributed by atoms with van der Waals surface area (Å²) in [7, 11) is 1.97. The monoisotopic (exact) mass is 391 g/mol. The van der Waals surface area contributed by atoms with Crippen LogP contribution >= 0.6 is 0 Å². The van der Waals surface area contributed by atoms with E-state index < -0.39 is 10.8 Å². The molecule has 7 heteroatoms. The fraction of sp³-hybridized carbons (Fsp3) is 0.273. The van der Waals surface area contributed by atoms with Crippen molar-refractivity contribution in [3.8, 4) is 0 Å². The normalized spacial score (nSPS) is 21.8. The first-order chi connectivity index (χ1) is 13.7. The first-order valence-electron chi connectivity index (χ1n) is 9.38. The summed E-state index contributed by atoms with van der Waals surface area (Å²) >= 11 is 0. The van der Waals surface area contributed by atoms with E-state index in [1.54, 1.807) is 0 Å². The number of anilines is 2. The number of amides is 2. The lowest BCUT2D eigenvalue weighted by atomic mass is 9.82. The molecule has 0 aromatic heterocycles. The van der Waals surface area contributed by atoms with Crippen molar-refractivity contribution in [1.82, 2.24) is 0 Å². The number of nitro benzene ring substituents is 1. The lowest BCUT2D eigenvalue weighted by Gasteiger charge is -2.25. The molecule has 29 heavy (non-hydrogen) atoms. The second-order valence-electron chi connectivity index (χ2n) is 7.90. The van der Waals surface area contributed by atoms with Gasteiger partial charge in [-0.15, -0.1) is 0 Å².